The average Bonchev–Trinajstić information content (AvgIpc) is 2.34. The third kappa shape index (κ3) is 4.07. The second kappa shape index (κ2) is 7.06. The summed E-state index contributed by atoms with van der Waals surface area (Å²) in [4.78, 5) is 1.37. The van der Waals surface area contributed by atoms with E-state index in [1.807, 2.05) is 0 Å². The van der Waals surface area contributed by atoms with Crippen molar-refractivity contribution in [3.63, 3.8) is 0 Å². The molecule has 0 saturated carbocycles. The van der Waals surface area contributed by atoms with Crippen LogP contribution in [-0.2, 0) is 0 Å². The molecule has 1 aromatic rings. The summed E-state index contributed by atoms with van der Waals surface area (Å²) in [6.45, 7) is 1.68. The average molecular weight is 378 g/mol. The van der Waals surface area contributed by atoms with Crippen LogP contribution in [0.15, 0.2) is 22.7 Å². The van der Waals surface area contributed by atoms with E-state index < -0.39 is 18.0 Å². The fourth-order valence-electron chi connectivity index (χ4n) is 2.23. The van der Waals surface area contributed by atoms with Gasteiger partial charge in [-0.15, -0.1) is 12.4 Å². The maximum absolute atomic E-state index is 13.3. The molecule has 1 aromatic carbocycles. The molecule has 0 aliphatic carbocycles. The van der Waals surface area contributed by atoms with Gasteiger partial charge in [-0.25, -0.2) is 4.39 Å². The Balaban J connectivity index is 0.00000200. The van der Waals surface area contributed by atoms with Crippen LogP contribution in [-0.4, -0.2) is 37.3 Å². The number of hydrogen-bond acceptors (Lipinski definition) is 2. The molecule has 0 radical (unpaired) electrons. The Morgan fingerprint density at radius 3 is 2.30 bits per heavy atom. The zero-order valence-electron chi connectivity index (χ0n) is 10.4. The summed E-state index contributed by atoms with van der Waals surface area (Å²) in [6.07, 6.45) is -4.38. The summed E-state index contributed by atoms with van der Waals surface area (Å²) < 4.78 is 53.0. The third-order valence-electron chi connectivity index (χ3n) is 3.09. The van der Waals surface area contributed by atoms with Gasteiger partial charge < -0.3 is 5.32 Å². The van der Waals surface area contributed by atoms with E-state index in [4.69, 9.17) is 0 Å². The lowest BCUT2D eigenvalue weighted by Crippen LogP contribution is -2.49. The topological polar surface area (TPSA) is 15.3 Å². The van der Waals surface area contributed by atoms with Gasteiger partial charge in [-0.2, -0.15) is 13.2 Å². The highest BCUT2D eigenvalue weighted by atomic mass is 79.9. The van der Waals surface area contributed by atoms with Gasteiger partial charge in [0.25, 0.3) is 0 Å². The summed E-state index contributed by atoms with van der Waals surface area (Å²) in [5, 5.41) is 3.01. The fraction of sp³-hybridized carbons (Fsp3) is 0.500. The van der Waals surface area contributed by atoms with E-state index in [0.29, 0.717) is 26.2 Å². The minimum atomic E-state index is -4.38. The zero-order chi connectivity index (χ0) is 14.0. The maximum atomic E-state index is 13.3. The van der Waals surface area contributed by atoms with Crippen molar-refractivity contribution in [1.29, 1.82) is 0 Å². The predicted molar refractivity (Wildman–Crippen MR) is 74.6 cm³/mol. The van der Waals surface area contributed by atoms with Crippen molar-refractivity contribution in [3.8, 4) is 0 Å². The minimum absolute atomic E-state index is 0. The lowest BCUT2D eigenvalue weighted by Gasteiger charge is -2.36. The van der Waals surface area contributed by atoms with Crippen molar-refractivity contribution < 1.29 is 17.6 Å². The summed E-state index contributed by atoms with van der Waals surface area (Å²) in [7, 11) is 0. The van der Waals surface area contributed by atoms with Crippen LogP contribution in [0.2, 0.25) is 0 Å². The van der Waals surface area contributed by atoms with Crippen molar-refractivity contribution >= 4 is 28.3 Å². The standard InChI is InChI=1S/C12H13BrF4N2.ClH/c13-9-7-8(1-2-10(9)14)11(12(15,16)17)19-5-3-18-4-6-19;/h1-2,7,11,18H,3-6H2;1H/t11-;/m1./s1. The van der Waals surface area contributed by atoms with Crippen molar-refractivity contribution in [1.82, 2.24) is 10.2 Å². The molecule has 0 bridgehead atoms. The second-order valence-corrected chi connectivity index (χ2v) is 5.26. The Morgan fingerprint density at radius 2 is 1.80 bits per heavy atom. The Hall–Kier alpha value is -0.370. The number of piperazine rings is 1. The quantitative estimate of drug-likeness (QED) is 0.794. The highest BCUT2D eigenvalue weighted by molar-refractivity contribution is 9.10. The van der Waals surface area contributed by atoms with Crippen LogP contribution in [0, 0.1) is 5.82 Å². The lowest BCUT2D eigenvalue weighted by molar-refractivity contribution is -0.187. The van der Waals surface area contributed by atoms with Crippen LogP contribution < -0.4 is 5.32 Å². The van der Waals surface area contributed by atoms with E-state index >= 15 is 0 Å². The van der Waals surface area contributed by atoms with Gasteiger partial charge in [0.1, 0.15) is 11.9 Å². The molecular formula is C12H14BrClF4N2. The molecule has 0 unspecified atom stereocenters. The molecule has 1 fully saturated rings. The van der Waals surface area contributed by atoms with E-state index in [9.17, 15) is 17.6 Å². The summed E-state index contributed by atoms with van der Waals surface area (Å²) in [5.74, 6) is -0.565. The number of rotatable bonds is 2. The molecule has 1 aliphatic rings. The van der Waals surface area contributed by atoms with Crippen LogP contribution in [0.5, 0.6) is 0 Å². The van der Waals surface area contributed by atoms with E-state index in [-0.39, 0.29) is 22.4 Å². The number of benzene rings is 1. The monoisotopic (exact) mass is 376 g/mol. The van der Waals surface area contributed by atoms with E-state index in [0.717, 1.165) is 6.07 Å². The van der Waals surface area contributed by atoms with Gasteiger partial charge >= 0.3 is 6.18 Å². The number of alkyl halides is 3. The first-order valence-electron chi connectivity index (χ1n) is 5.86. The van der Waals surface area contributed by atoms with Gasteiger partial charge in [-0.05, 0) is 33.6 Å². The minimum Gasteiger partial charge on any atom is -0.314 e. The molecule has 1 heterocycles. The first kappa shape index (κ1) is 17.7. The third-order valence-corrected chi connectivity index (χ3v) is 3.69. The van der Waals surface area contributed by atoms with E-state index in [2.05, 4.69) is 21.2 Å². The van der Waals surface area contributed by atoms with Gasteiger partial charge in [-0.3, -0.25) is 4.90 Å². The van der Waals surface area contributed by atoms with Crippen LogP contribution in [0.3, 0.4) is 0 Å². The van der Waals surface area contributed by atoms with Gasteiger partial charge in [0, 0.05) is 26.2 Å². The molecule has 0 amide bonds. The van der Waals surface area contributed by atoms with Crippen molar-refractivity contribution in [2.45, 2.75) is 12.2 Å². The Labute approximate surface area is 129 Å². The molecule has 0 spiro atoms. The fourth-order valence-corrected chi connectivity index (χ4v) is 2.63. The molecule has 1 atom stereocenters. The molecule has 8 heteroatoms. The lowest BCUT2D eigenvalue weighted by atomic mass is 10.0. The second-order valence-electron chi connectivity index (χ2n) is 4.40. The van der Waals surface area contributed by atoms with Crippen LogP contribution in [0.25, 0.3) is 0 Å². The number of nitrogens with one attached hydrogen (secondary N) is 1. The highest BCUT2D eigenvalue weighted by Gasteiger charge is 2.44. The van der Waals surface area contributed by atoms with Crippen molar-refractivity contribution in [2.75, 3.05) is 26.2 Å². The summed E-state index contributed by atoms with van der Waals surface area (Å²) >= 11 is 2.93. The van der Waals surface area contributed by atoms with Gasteiger partial charge in [0.15, 0.2) is 0 Å². The molecule has 20 heavy (non-hydrogen) atoms. The molecule has 1 N–H and O–H groups in total. The van der Waals surface area contributed by atoms with Crippen LogP contribution >= 0.6 is 28.3 Å². The largest absolute Gasteiger partial charge is 0.408 e. The molecule has 0 aromatic heterocycles. The van der Waals surface area contributed by atoms with Crippen LogP contribution in [0.4, 0.5) is 17.6 Å². The van der Waals surface area contributed by atoms with Crippen molar-refractivity contribution in [2.24, 2.45) is 0 Å². The Kier molecular flexibility index (Phi) is 6.25. The van der Waals surface area contributed by atoms with E-state index in [1.165, 1.54) is 17.0 Å². The molecule has 1 aliphatic heterocycles. The van der Waals surface area contributed by atoms with Crippen molar-refractivity contribution in [3.05, 3.63) is 34.1 Å². The summed E-state index contributed by atoms with van der Waals surface area (Å²) in [6, 6.07) is 1.77. The summed E-state index contributed by atoms with van der Waals surface area (Å²) in [5.41, 5.74) is 0.0580. The predicted octanol–water partition coefficient (Wildman–Crippen LogP) is 3.52. The molecule has 114 valence electrons. The number of nitrogens with zero attached hydrogens (tertiary/aromatic N) is 1. The first-order valence-corrected chi connectivity index (χ1v) is 6.65. The molecule has 2 nitrogen and oxygen atoms in total. The normalized spacial score (nSPS) is 18.4. The van der Waals surface area contributed by atoms with Crippen LogP contribution in [0.1, 0.15) is 11.6 Å². The molecule has 1 saturated heterocycles. The molecular weight excluding hydrogens is 363 g/mol. The molecule has 2 rings (SSSR count). The number of hydrogen-bond donors (Lipinski definition) is 1. The SMILES string of the molecule is Cl.Fc1ccc([C@@H](N2CCNCC2)C(F)(F)F)cc1Br. The highest BCUT2D eigenvalue weighted by Crippen LogP contribution is 2.38. The maximum Gasteiger partial charge on any atom is 0.408 e. The van der Waals surface area contributed by atoms with Gasteiger partial charge in [0.05, 0.1) is 4.47 Å². The first-order chi connectivity index (χ1) is 8.89. The van der Waals surface area contributed by atoms with Gasteiger partial charge in [0.2, 0.25) is 0 Å². The Morgan fingerprint density at radius 1 is 1.20 bits per heavy atom. The zero-order valence-corrected chi connectivity index (χ0v) is 12.8. The van der Waals surface area contributed by atoms with Gasteiger partial charge in [-0.1, -0.05) is 6.07 Å². The number of halogens is 6. The Bertz CT molecular complexity index is 450. The smallest absolute Gasteiger partial charge is 0.314 e. The van der Waals surface area contributed by atoms with E-state index in [1.54, 1.807) is 0 Å².